The number of hydrogen-bond acceptors (Lipinski definition) is 2. The third kappa shape index (κ3) is 12.0. The SMILES string of the molecule is CC(Cl)CNCCCOCC(F)(F)F. The minimum absolute atomic E-state index is 0.0334. The van der Waals surface area contributed by atoms with Gasteiger partial charge >= 0.3 is 6.18 Å². The smallest absolute Gasteiger partial charge is 0.372 e. The lowest BCUT2D eigenvalue weighted by molar-refractivity contribution is -0.173. The monoisotopic (exact) mass is 233 g/mol. The van der Waals surface area contributed by atoms with Gasteiger partial charge in [-0.3, -0.25) is 0 Å². The van der Waals surface area contributed by atoms with Crippen molar-refractivity contribution in [2.24, 2.45) is 0 Å². The van der Waals surface area contributed by atoms with Crippen LogP contribution in [0.1, 0.15) is 13.3 Å². The summed E-state index contributed by atoms with van der Waals surface area (Å²) in [5.74, 6) is 0. The van der Waals surface area contributed by atoms with Gasteiger partial charge in [0.1, 0.15) is 6.61 Å². The Morgan fingerprint density at radius 2 is 2.07 bits per heavy atom. The fourth-order valence-corrected chi connectivity index (χ4v) is 0.897. The summed E-state index contributed by atoms with van der Waals surface area (Å²) in [6.07, 6.45) is -3.67. The average Bonchev–Trinajstić information content (AvgIpc) is 2.00. The van der Waals surface area contributed by atoms with Gasteiger partial charge in [-0.15, -0.1) is 11.6 Å². The molecule has 0 aromatic carbocycles. The zero-order valence-electron chi connectivity index (χ0n) is 8.03. The number of halogens is 4. The molecule has 0 heterocycles. The molecule has 0 aliphatic heterocycles. The van der Waals surface area contributed by atoms with Crippen LogP contribution in [0.5, 0.6) is 0 Å². The molecule has 1 N–H and O–H groups in total. The number of rotatable bonds is 7. The molecule has 0 saturated carbocycles. The Morgan fingerprint density at radius 1 is 1.43 bits per heavy atom. The topological polar surface area (TPSA) is 21.3 Å². The Balaban J connectivity index is 3.07. The van der Waals surface area contributed by atoms with E-state index in [1.54, 1.807) is 0 Å². The molecule has 0 aromatic rings. The molecule has 0 fully saturated rings. The van der Waals surface area contributed by atoms with Crippen molar-refractivity contribution in [3.63, 3.8) is 0 Å². The van der Waals surface area contributed by atoms with Gasteiger partial charge in [-0.1, -0.05) is 0 Å². The van der Waals surface area contributed by atoms with Crippen LogP contribution in [0.25, 0.3) is 0 Å². The molecule has 0 rings (SSSR count). The predicted molar refractivity (Wildman–Crippen MR) is 49.7 cm³/mol. The summed E-state index contributed by atoms with van der Waals surface area (Å²) in [6, 6.07) is 0. The second kappa shape index (κ2) is 7.31. The van der Waals surface area contributed by atoms with Crippen molar-refractivity contribution in [1.82, 2.24) is 5.32 Å². The molecule has 0 aromatic heterocycles. The first-order chi connectivity index (χ1) is 6.42. The molecule has 14 heavy (non-hydrogen) atoms. The minimum atomic E-state index is -4.22. The fraction of sp³-hybridized carbons (Fsp3) is 1.00. The van der Waals surface area contributed by atoms with Crippen molar-refractivity contribution in [3.8, 4) is 0 Å². The molecule has 1 atom stereocenters. The highest BCUT2D eigenvalue weighted by molar-refractivity contribution is 6.20. The van der Waals surface area contributed by atoms with Crippen molar-refractivity contribution < 1.29 is 17.9 Å². The van der Waals surface area contributed by atoms with E-state index in [-0.39, 0.29) is 12.0 Å². The van der Waals surface area contributed by atoms with Gasteiger partial charge in [0.2, 0.25) is 0 Å². The van der Waals surface area contributed by atoms with E-state index in [1.165, 1.54) is 0 Å². The van der Waals surface area contributed by atoms with E-state index in [9.17, 15) is 13.2 Å². The summed E-state index contributed by atoms with van der Waals surface area (Å²) in [6.45, 7) is 2.06. The van der Waals surface area contributed by atoms with Crippen LogP contribution in [-0.4, -0.2) is 37.9 Å². The number of alkyl halides is 4. The van der Waals surface area contributed by atoms with Crippen LogP contribution in [0.3, 0.4) is 0 Å². The Hall–Kier alpha value is -0.0000000000000000555. The molecule has 0 radical (unpaired) electrons. The van der Waals surface area contributed by atoms with Crippen LogP contribution in [-0.2, 0) is 4.74 Å². The normalized spacial score (nSPS) is 14.4. The molecule has 0 spiro atoms. The Morgan fingerprint density at radius 3 is 2.57 bits per heavy atom. The third-order valence-electron chi connectivity index (χ3n) is 1.33. The average molecular weight is 234 g/mol. The number of ether oxygens (including phenoxy) is 1. The van der Waals surface area contributed by atoms with Gasteiger partial charge in [0, 0.05) is 18.5 Å². The predicted octanol–water partition coefficient (Wildman–Crippen LogP) is 2.17. The first-order valence-electron chi connectivity index (χ1n) is 4.41. The molecule has 1 unspecified atom stereocenters. The van der Waals surface area contributed by atoms with Gasteiger partial charge in [0.15, 0.2) is 0 Å². The van der Waals surface area contributed by atoms with Crippen molar-refractivity contribution in [2.75, 3.05) is 26.3 Å². The van der Waals surface area contributed by atoms with Crippen LogP contribution >= 0.6 is 11.6 Å². The zero-order valence-corrected chi connectivity index (χ0v) is 8.79. The van der Waals surface area contributed by atoms with E-state index in [0.717, 1.165) is 0 Å². The molecular formula is C8H15ClF3NO. The first kappa shape index (κ1) is 14.0. The maximum Gasteiger partial charge on any atom is 0.411 e. The van der Waals surface area contributed by atoms with Crippen molar-refractivity contribution in [3.05, 3.63) is 0 Å². The first-order valence-corrected chi connectivity index (χ1v) is 4.85. The largest absolute Gasteiger partial charge is 0.411 e. The zero-order chi connectivity index (χ0) is 11.0. The van der Waals surface area contributed by atoms with Gasteiger partial charge < -0.3 is 10.1 Å². The molecular weight excluding hydrogens is 219 g/mol. The molecule has 0 aliphatic carbocycles. The third-order valence-corrected chi connectivity index (χ3v) is 1.49. The van der Waals surface area contributed by atoms with Gasteiger partial charge in [-0.05, 0) is 19.9 Å². The van der Waals surface area contributed by atoms with Gasteiger partial charge in [-0.25, -0.2) is 0 Å². The van der Waals surface area contributed by atoms with Crippen molar-refractivity contribution >= 4 is 11.6 Å². The molecule has 2 nitrogen and oxygen atoms in total. The summed E-state index contributed by atoms with van der Waals surface area (Å²) in [4.78, 5) is 0. The highest BCUT2D eigenvalue weighted by Gasteiger charge is 2.26. The van der Waals surface area contributed by atoms with Crippen LogP contribution in [0, 0.1) is 0 Å². The van der Waals surface area contributed by atoms with Crippen LogP contribution < -0.4 is 5.32 Å². The molecule has 0 aliphatic rings. The lowest BCUT2D eigenvalue weighted by atomic mass is 10.4. The van der Waals surface area contributed by atoms with Gasteiger partial charge in [0.05, 0.1) is 0 Å². The van der Waals surface area contributed by atoms with Crippen molar-refractivity contribution in [2.45, 2.75) is 24.9 Å². The summed E-state index contributed by atoms with van der Waals surface area (Å²) in [5, 5.41) is 3.02. The summed E-state index contributed by atoms with van der Waals surface area (Å²) in [7, 11) is 0. The van der Waals surface area contributed by atoms with Gasteiger partial charge in [0.25, 0.3) is 0 Å². The second-order valence-corrected chi connectivity index (χ2v) is 3.75. The lowest BCUT2D eigenvalue weighted by Crippen LogP contribution is -2.24. The van der Waals surface area contributed by atoms with E-state index in [0.29, 0.717) is 19.5 Å². The second-order valence-electron chi connectivity index (χ2n) is 3.01. The standard InChI is InChI=1S/C8H15ClF3NO/c1-7(9)5-13-3-2-4-14-6-8(10,11)12/h7,13H,2-6H2,1H3. The van der Waals surface area contributed by atoms with E-state index in [2.05, 4.69) is 10.1 Å². The molecule has 0 saturated heterocycles. The van der Waals surface area contributed by atoms with Crippen molar-refractivity contribution in [1.29, 1.82) is 0 Å². The van der Waals surface area contributed by atoms with E-state index in [1.807, 2.05) is 6.92 Å². The highest BCUT2D eigenvalue weighted by Crippen LogP contribution is 2.14. The molecule has 86 valence electrons. The van der Waals surface area contributed by atoms with E-state index in [4.69, 9.17) is 11.6 Å². The Kier molecular flexibility index (Phi) is 7.31. The lowest BCUT2D eigenvalue weighted by Gasteiger charge is -2.08. The number of nitrogens with one attached hydrogen (secondary N) is 1. The highest BCUT2D eigenvalue weighted by atomic mass is 35.5. The van der Waals surface area contributed by atoms with E-state index >= 15 is 0 Å². The Labute approximate surface area is 86.8 Å². The molecule has 0 amide bonds. The minimum Gasteiger partial charge on any atom is -0.372 e. The summed E-state index contributed by atoms with van der Waals surface area (Å²) in [5.41, 5.74) is 0. The van der Waals surface area contributed by atoms with Crippen LogP contribution in [0.4, 0.5) is 13.2 Å². The molecule has 6 heteroatoms. The maximum atomic E-state index is 11.6. The Bertz CT molecular complexity index is 141. The summed E-state index contributed by atoms with van der Waals surface area (Å²) >= 11 is 5.64. The summed E-state index contributed by atoms with van der Waals surface area (Å²) < 4.78 is 39.1. The fourth-order valence-electron chi connectivity index (χ4n) is 0.788. The maximum absolute atomic E-state index is 11.6. The molecule has 0 bridgehead atoms. The number of hydrogen-bond donors (Lipinski definition) is 1. The van der Waals surface area contributed by atoms with Gasteiger partial charge in [-0.2, -0.15) is 13.2 Å². The van der Waals surface area contributed by atoms with E-state index < -0.39 is 12.8 Å². The van der Waals surface area contributed by atoms with Crippen LogP contribution in [0.15, 0.2) is 0 Å². The van der Waals surface area contributed by atoms with Crippen LogP contribution in [0.2, 0.25) is 0 Å². The quantitative estimate of drug-likeness (QED) is 0.538.